The lowest BCUT2D eigenvalue weighted by atomic mass is 10.0. The molecule has 5 nitrogen and oxygen atoms in total. The fraction of sp³-hybridized carbons (Fsp3) is 0.524. The summed E-state index contributed by atoms with van der Waals surface area (Å²) in [4.78, 5) is 15.0. The smallest absolute Gasteiger partial charge is 0.254 e. The summed E-state index contributed by atoms with van der Waals surface area (Å²) in [6.07, 6.45) is 4.51. The van der Waals surface area contributed by atoms with Gasteiger partial charge in [0, 0.05) is 37.4 Å². The lowest BCUT2D eigenvalue weighted by Crippen LogP contribution is -2.44. The topological polar surface area (TPSA) is 50.2 Å². The lowest BCUT2D eigenvalue weighted by molar-refractivity contribution is 0.0908. The molecule has 1 aromatic carbocycles. The molecule has 1 aromatic heterocycles. The SMILES string of the molecule is CCC(C)n1ncc(C(=O)NC2CCN(Cc3ccc(F)cc3)CC2)c1C. The number of aromatic nitrogens is 2. The fourth-order valence-electron chi connectivity index (χ4n) is 3.61. The molecule has 0 aliphatic carbocycles. The number of halogens is 1. The Morgan fingerprint density at radius 1 is 1.30 bits per heavy atom. The summed E-state index contributed by atoms with van der Waals surface area (Å²) in [5, 5.41) is 7.56. The van der Waals surface area contributed by atoms with Crippen LogP contribution in [0.25, 0.3) is 0 Å². The second-order valence-corrected chi connectivity index (χ2v) is 7.50. The van der Waals surface area contributed by atoms with E-state index in [1.54, 1.807) is 6.20 Å². The van der Waals surface area contributed by atoms with Gasteiger partial charge in [0.1, 0.15) is 5.82 Å². The summed E-state index contributed by atoms with van der Waals surface area (Å²) in [6, 6.07) is 7.16. The minimum absolute atomic E-state index is 0.0287. The van der Waals surface area contributed by atoms with E-state index in [0.29, 0.717) is 11.6 Å². The third-order valence-corrected chi connectivity index (χ3v) is 5.54. The maximum Gasteiger partial charge on any atom is 0.254 e. The molecular weight excluding hydrogens is 343 g/mol. The van der Waals surface area contributed by atoms with Gasteiger partial charge in [0.15, 0.2) is 0 Å². The zero-order chi connectivity index (χ0) is 19.4. The van der Waals surface area contributed by atoms with Gasteiger partial charge in [-0.15, -0.1) is 0 Å². The fourth-order valence-corrected chi connectivity index (χ4v) is 3.61. The van der Waals surface area contributed by atoms with E-state index in [-0.39, 0.29) is 17.8 Å². The normalized spacial score (nSPS) is 17.0. The summed E-state index contributed by atoms with van der Waals surface area (Å²) in [5.74, 6) is -0.230. The number of piperidine rings is 1. The summed E-state index contributed by atoms with van der Waals surface area (Å²) in [5.41, 5.74) is 2.71. The Morgan fingerprint density at radius 2 is 1.96 bits per heavy atom. The Labute approximate surface area is 160 Å². The lowest BCUT2D eigenvalue weighted by Gasteiger charge is -2.32. The average Bonchev–Trinajstić information content (AvgIpc) is 3.06. The number of likely N-dealkylation sites (tertiary alicyclic amines) is 1. The summed E-state index contributed by atoms with van der Waals surface area (Å²) in [7, 11) is 0. The largest absolute Gasteiger partial charge is 0.349 e. The highest BCUT2D eigenvalue weighted by molar-refractivity contribution is 5.95. The number of carbonyl (C=O) groups is 1. The van der Waals surface area contributed by atoms with Gasteiger partial charge in [0.25, 0.3) is 5.91 Å². The van der Waals surface area contributed by atoms with Crippen LogP contribution in [0.2, 0.25) is 0 Å². The second-order valence-electron chi connectivity index (χ2n) is 7.50. The molecule has 2 heterocycles. The Bertz CT molecular complexity index is 763. The van der Waals surface area contributed by atoms with Crippen molar-refractivity contribution in [3.8, 4) is 0 Å². The number of carbonyl (C=O) groups excluding carboxylic acids is 1. The number of nitrogens with one attached hydrogen (secondary N) is 1. The van der Waals surface area contributed by atoms with Crippen LogP contribution in [0.4, 0.5) is 4.39 Å². The quantitative estimate of drug-likeness (QED) is 0.841. The molecule has 1 unspecified atom stereocenters. The minimum Gasteiger partial charge on any atom is -0.349 e. The first kappa shape index (κ1) is 19.5. The highest BCUT2D eigenvalue weighted by Gasteiger charge is 2.23. The minimum atomic E-state index is -0.202. The van der Waals surface area contributed by atoms with Gasteiger partial charge in [0.05, 0.1) is 11.8 Å². The van der Waals surface area contributed by atoms with Crippen molar-refractivity contribution in [1.29, 1.82) is 0 Å². The van der Waals surface area contributed by atoms with Crippen LogP contribution >= 0.6 is 0 Å². The predicted octanol–water partition coefficient (Wildman–Crippen LogP) is 3.70. The van der Waals surface area contributed by atoms with Crippen molar-refractivity contribution in [2.24, 2.45) is 0 Å². The number of benzene rings is 1. The van der Waals surface area contributed by atoms with Crippen molar-refractivity contribution in [2.75, 3.05) is 13.1 Å². The van der Waals surface area contributed by atoms with E-state index in [4.69, 9.17) is 0 Å². The van der Waals surface area contributed by atoms with Crippen molar-refractivity contribution in [2.45, 2.75) is 58.7 Å². The van der Waals surface area contributed by atoms with E-state index in [9.17, 15) is 9.18 Å². The molecule has 1 saturated heterocycles. The first-order chi connectivity index (χ1) is 13.0. The predicted molar refractivity (Wildman–Crippen MR) is 104 cm³/mol. The van der Waals surface area contributed by atoms with Crippen molar-refractivity contribution < 1.29 is 9.18 Å². The Hall–Kier alpha value is -2.21. The third-order valence-electron chi connectivity index (χ3n) is 5.54. The van der Waals surface area contributed by atoms with Gasteiger partial charge in [-0.3, -0.25) is 14.4 Å². The molecule has 1 N–H and O–H groups in total. The van der Waals surface area contributed by atoms with Gasteiger partial charge in [0.2, 0.25) is 0 Å². The monoisotopic (exact) mass is 372 g/mol. The molecule has 27 heavy (non-hydrogen) atoms. The third kappa shape index (κ3) is 4.75. The van der Waals surface area contributed by atoms with Gasteiger partial charge in [-0.05, 0) is 50.8 Å². The van der Waals surface area contributed by atoms with E-state index in [2.05, 4.69) is 29.2 Å². The molecular formula is C21H29FN4O. The maximum absolute atomic E-state index is 13.0. The average molecular weight is 372 g/mol. The van der Waals surface area contributed by atoms with Crippen molar-refractivity contribution in [3.63, 3.8) is 0 Å². The number of nitrogens with zero attached hydrogens (tertiary/aromatic N) is 3. The molecule has 1 aliphatic heterocycles. The van der Waals surface area contributed by atoms with Crippen molar-refractivity contribution in [3.05, 3.63) is 53.1 Å². The van der Waals surface area contributed by atoms with E-state index in [1.807, 2.05) is 23.7 Å². The molecule has 1 aliphatic rings. The summed E-state index contributed by atoms with van der Waals surface area (Å²) < 4.78 is 14.9. The molecule has 1 atom stereocenters. The molecule has 0 spiro atoms. The van der Waals surface area contributed by atoms with E-state index < -0.39 is 0 Å². The van der Waals surface area contributed by atoms with Crippen LogP contribution in [0.3, 0.4) is 0 Å². The van der Waals surface area contributed by atoms with Gasteiger partial charge >= 0.3 is 0 Å². The molecule has 0 saturated carbocycles. The molecule has 0 radical (unpaired) electrons. The van der Waals surface area contributed by atoms with Gasteiger partial charge in [-0.2, -0.15) is 5.10 Å². The van der Waals surface area contributed by atoms with Crippen LogP contribution in [0.1, 0.15) is 60.8 Å². The van der Waals surface area contributed by atoms with Crippen LogP contribution in [0, 0.1) is 12.7 Å². The molecule has 2 aromatic rings. The Balaban J connectivity index is 1.51. The first-order valence-corrected chi connectivity index (χ1v) is 9.79. The van der Waals surface area contributed by atoms with Crippen LogP contribution in [0.5, 0.6) is 0 Å². The molecule has 3 rings (SSSR count). The van der Waals surface area contributed by atoms with Crippen LogP contribution < -0.4 is 5.32 Å². The maximum atomic E-state index is 13.0. The summed E-state index contributed by atoms with van der Waals surface area (Å²) in [6.45, 7) is 8.85. The number of amides is 1. The number of hydrogen-bond acceptors (Lipinski definition) is 3. The zero-order valence-electron chi connectivity index (χ0n) is 16.4. The highest BCUT2D eigenvalue weighted by Crippen LogP contribution is 2.18. The van der Waals surface area contributed by atoms with E-state index in [1.165, 1.54) is 12.1 Å². The first-order valence-electron chi connectivity index (χ1n) is 9.79. The Kier molecular flexibility index (Phi) is 6.26. The Morgan fingerprint density at radius 3 is 2.59 bits per heavy atom. The van der Waals surface area contributed by atoms with Crippen LogP contribution in [-0.4, -0.2) is 39.7 Å². The highest BCUT2D eigenvalue weighted by atomic mass is 19.1. The van der Waals surface area contributed by atoms with E-state index in [0.717, 1.165) is 50.2 Å². The number of hydrogen-bond donors (Lipinski definition) is 1. The molecule has 1 amide bonds. The van der Waals surface area contributed by atoms with Crippen LogP contribution in [-0.2, 0) is 6.54 Å². The molecule has 1 fully saturated rings. The van der Waals surface area contributed by atoms with E-state index >= 15 is 0 Å². The summed E-state index contributed by atoms with van der Waals surface area (Å²) >= 11 is 0. The second kappa shape index (κ2) is 8.65. The van der Waals surface area contributed by atoms with Gasteiger partial charge in [-0.1, -0.05) is 19.1 Å². The standard InChI is InChI=1S/C21H29FN4O/c1-4-15(2)26-16(3)20(13-23-26)21(27)24-19-9-11-25(12-10-19)14-17-5-7-18(22)8-6-17/h5-8,13,15,19H,4,9-12,14H2,1-3H3,(H,24,27). The molecule has 6 heteroatoms. The number of rotatable bonds is 6. The zero-order valence-corrected chi connectivity index (χ0v) is 16.4. The van der Waals surface area contributed by atoms with Gasteiger partial charge in [-0.25, -0.2) is 4.39 Å². The molecule has 146 valence electrons. The van der Waals surface area contributed by atoms with Gasteiger partial charge < -0.3 is 5.32 Å². The van der Waals surface area contributed by atoms with Crippen molar-refractivity contribution >= 4 is 5.91 Å². The van der Waals surface area contributed by atoms with Crippen LogP contribution in [0.15, 0.2) is 30.5 Å². The van der Waals surface area contributed by atoms with Crippen molar-refractivity contribution in [1.82, 2.24) is 20.0 Å². The molecule has 0 bridgehead atoms.